The Kier molecular flexibility index (Phi) is 5.94. The van der Waals surface area contributed by atoms with Gasteiger partial charge in [-0.1, -0.05) is 19.1 Å². The first-order valence-electron chi connectivity index (χ1n) is 5.84. The van der Waals surface area contributed by atoms with Gasteiger partial charge in [0.05, 0.1) is 6.61 Å². The molecule has 0 radical (unpaired) electrons. The first-order chi connectivity index (χ1) is 8.20. The summed E-state index contributed by atoms with van der Waals surface area (Å²) in [6.45, 7) is 5.63. The van der Waals surface area contributed by atoms with Gasteiger partial charge in [0, 0.05) is 18.7 Å². The van der Waals surface area contributed by atoms with Crippen molar-refractivity contribution >= 4 is 0 Å². The number of hydrogen-bond acceptors (Lipinski definition) is 3. The molecule has 0 saturated heterocycles. The van der Waals surface area contributed by atoms with Crippen LogP contribution >= 0.6 is 0 Å². The summed E-state index contributed by atoms with van der Waals surface area (Å²) >= 11 is 0. The van der Waals surface area contributed by atoms with Crippen LogP contribution in [-0.2, 0) is 4.74 Å². The Bertz CT molecular complexity index is 344. The molecule has 0 aliphatic rings. The van der Waals surface area contributed by atoms with Crippen molar-refractivity contribution in [1.82, 2.24) is 5.32 Å². The van der Waals surface area contributed by atoms with Crippen LogP contribution in [0.5, 0.6) is 5.75 Å². The van der Waals surface area contributed by atoms with Crippen molar-refractivity contribution in [3.63, 3.8) is 0 Å². The Labute approximate surface area is 102 Å². The largest absolute Gasteiger partial charge is 0.488 e. The summed E-state index contributed by atoms with van der Waals surface area (Å²) in [6, 6.07) is 5.04. The number of ether oxygens (including phenoxy) is 2. The van der Waals surface area contributed by atoms with Crippen LogP contribution in [0.25, 0.3) is 0 Å². The molecule has 1 aromatic rings. The molecule has 0 saturated carbocycles. The van der Waals surface area contributed by atoms with Crippen LogP contribution in [-0.4, -0.2) is 26.9 Å². The second kappa shape index (κ2) is 7.25. The molecule has 1 atom stereocenters. The van der Waals surface area contributed by atoms with E-state index in [9.17, 15) is 4.39 Å². The van der Waals surface area contributed by atoms with Crippen molar-refractivity contribution in [3.05, 3.63) is 29.6 Å². The Morgan fingerprint density at radius 2 is 2.12 bits per heavy atom. The normalized spacial score (nSPS) is 12.5. The number of rotatable bonds is 7. The van der Waals surface area contributed by atoms with Crippen LogP contribution in [0.2, 0.25) is 0 Å². The molecule has 0 bridgehead atoms. The SMILES string of the molecule is CCNC(C)c1cccc(F)c1OCCOC. The summed E-state index contributed by atoms with van der Waals surface area (Å²) in [5.41, 5.74) is 0.836. The fourth-order valence-corrected chi connectivity index (χ4v) is 1.66. The molecule has 0 spiro atoms. The molecule has 0 aromatic heterocycles. The van der Waals surface area contributed by atoms with Crippen molar-refractivity contribution in [2.45, 2.75) is 19.9 Å². The number of nitrogens with one attached hydrogen (secondary N) is 1. The first-order valence-corrected chi connectivity index (χ1v) is 5.84. The Morgan fingerprint density at radius 3 is 2.76 bits per heavy atom. The highest BCUT2D eigenvalue weighted by Gasteiger charge is 2.14. The third-order valence-electron chi connectivity index (χ3n) is 2.51. The van der Waals surface area contributed by atoms with Gasteiger partial charge in [0.1, 0.15) is 6.61 Å². The molecule has 0 aliphatic heterocycles. The second-order valence-corrected chi connectivity index (χ2v) is 3.78. The van der Waals surface area contributed by atoms with Gasteiger partial charge in [-0.15, -0.1) is 0 Å². The topological polar surface area (TPSA) is 30.5 Å². The second-order valence-electron chi connectivity index (χ2n) is 3.78. The summed E-state index contributed by atoms with van der Waals surface area (Å²) in [5.74, 6) is -0.0126. The lowest BCUT2D eigenvalue weighted by molar-refractivity contribution is 0.143. The van der Waals surface area contributed by atoms with Crippen LogP contribution < -0.4 is 10.1 Å². The van der Waals surface area contributed by atoms with Crippen molar-refractivity contribution in [2.75, 3.05) is 26.9 Å². The molecule has 1 rings (SSSR count). The van der Waals surface area contributed by atoms with Crippen LogP contribution in [0, 0.1) is 5.82 Å². The lowest BCUT2D eigenvalue weighted by Crippen LogP contribution is -2.19. The highest BCUT2D eigenvalue weighted by atomic mass is 19.1. The lowest BCUT2D eigenvalue weighted by Gasteiger charge is -2.18. The van der Waals surface area contributed by atoms with Gasteiger partial charge in [-0.3, -0.25) is 0 Å². The quantitative estimate of drug-likeness (QED) is 0.744. The molecule has 4 heteroatoms. The summed E-state index contributed by atoms with van der Waals surface area (Å²) < 4.78 is 24.0. The molecule has 0 amide bonds. The fourth-order valence-electron chi connectivity index (χ4n) is 1.66. The maximum atomic E-state index is 13.7. The maximum Gasteiger partial charge on any atom is 0.165 e. The third kappa shape index (κ3) is 3.98. The number of halogens is 1. The molecule has 1 aromatic carbocycles. The third-order valence-corrected chi connectivity index (χ3v) is 2.51. The van der Waals surface area contributed by atoms with E-state index in [-0.39, 0.29) is 11.9 Å². The molecular formula is C13H20FNO2. The average Bonchev–Trinajstić information content (AvgIpc) is 2.31. The molecule has 1 unspecified atom stereocenters. The van der Waals surface area contributed by atoms with Crippen molar-refractivity contribution < 1.29 is 13.9 Å². The van der Waals surface area contributed by atoms with Crippen molar-refractivity contribution in [1.29, 1.82) is 0 Å². The zero-order chi connectivity index (χ0) is 12.7. The number of para-hydroxylation sites is 1. The summed E-state index contributed by atoms with van der Waals surface area (Å²) in [6.07, 6.45) is 0. The van der Waals surface area contributed by atoms with Crippen LogP contribution in [0.15, 0.2) is 18.2 Å². The molecule has 3 nitrogen and oxygen atoms in total. The zero-order valence-electron chi connectivity index (χ0n) is 10.6. The van der Waals surface area contributed by atoms with E-state index in [0.29, 0.717) is 19.0 Å². The minimum atomic E-state index is -0.330. The van der Waals surface area contributed by atoms with Gasteiger partial charge in [0.25, 0.3) is 0 Å². The van der Waals surface area contributed by atoms with Gasteiger partial charge in [-0.05, 0) is 19.5 Å². The molecule has 1 N–H and O–H groups in total. The monoisotopic (exact) mass is 241 g/mol. The molecule has 96 valence electrons. The predicted octanol–water partition coefficient (Wildman–Crippen LogP) is 2.52. The van der Waals surface area contributed by atoms with Gasteiger partial charge in [-0.2, -0.15) is 0 Å². The fraction of sp³-hybridized carbons (Fsp3) is 0.538. The predicted molar refractivity (Wildman–Crippen MR) is 65.9 cm³/mol. The molecular weight excluding hydrogens is 221 g/mol. The highest BCUT2D eigenvalue weighted by Crippen LogP contribution is 2.28. The lowest BCUT2D eigenvalue weighted by atomic mass is 10.1. The molecule has 0 heterocycles. The first kappa shape index (κ1) is 13.9. The van der Waals surface area contributed by atoms with E-state index in [1.54, 1.807) is 13.2 Å². The minimum Gasteiger partial charge on any atom is -0.488 e. The molecule has 0 aliphatic carbocycles. The zero-order valence-corrected chi connectivity index (χ0v) is 10.6. The standard InChI is InChI=1S/C13H20FNO2/c1-4-15-10(2)11-6-5-7-12(14)13(11)17-9-8-16-3/h5-7,10,15H,4,8-9H2,1-3H3. The number of methoxy groups -OCH3 is 1. The van der Waals surface area contributed by atoms with E-state index in [1.165, 1.54) is 6.07 Å². The van der Waals surface area contributed by atoms with Crippen LogP contribution in [0.1, 0.15) is 25.5 Å². The minimum absolute atomic E-state index is 0.0632. The average molecular weight is 241 g/mol. The smallest absolute Gasteiger partial charge is 0.165 e. The van der Waals surface area contributed by atoms with Gasteiger partial charge in [-0.25, -0.2) is 4.39 Å². The van der Waals surface area contributed by atoms with Crippen LogP contribution in [0.3, 0.4) is 0 Å². The summed E-state index contributed by atoms with van der Waals surface area (Å²) in [7, 11) is 1.59. The van der Waals surface area contributed by atoms with E-state index in [0.717, 1.165) is 12.1 Å². The van der Waals surface area contributed by atoms with Gasteiger partial charge < -0.3 is 14.8 Å². The van der Waals surface area contributed by atoms with E-state index in [4.69, 9.17) is 9.47 Å². The van der Waals surface area contributed by atoms with Crippen LogP contribution in [0.4, 0.5) is 4.39 Å². The van der Waals surface area contributed by atoms with Crippen molar-refractivity contribution in [3.8, 4) is 5.75 Å². The Hall–Kier alpha value is -1.13. The van der Waals surface area contributed by atoms with E-state index < -0.39 is 0 Å². The maximum absolute atomic E-state index is 13.7. The van der Waals surface area contributed by atoms with Gasteiger partial charge in [0.2, 0.25) is 0 Å². The van der Waals surface area contributed by atoms with E-state index >= 15 is 0 Å². The van der Waals surface area contributed by atoms with Gasteiger partial charge in [0.15, 0.2) is 11.6 Å². The Morgan fingerprint density at radius 1 is 1.35 bits per heavy atom. The summed E-state index contributed by atoms with van der Waals surface area (Å²) in [5, 5.41) is 3.24. The Balaban J connectivity index is 2.83. The van der Waals surface area contributed by atoms with E-state index in [1.807, 2.05) is 19.9 Å². The number of benzene rings is 1. The van der Waals surface area contributed by atoms with E-state index in [2.05, 4.69) is 5.32 Å². The summed E-state index contributed by atoms with van der Waals surface area (Å²) in [4.78, 5) is 0. The highest BCUT2D eigenvalue weighted by molar-refractivity contribution is 5.37. The van der Waals surface area contributed by atoms with Gasteiger partial charge >= 0.3 is 0 Å². The molecule has 0 fully saturated rings. The molecule has 17 heavy (non-hydrogen) atoms. The van der Waals surface area contributed by atoms with Crippen molar-refractivity contribution in [2.24, 2.45) is 0 Å². The number of hydrogen-bond donors (Lipinski definition) is 1.